The highest BCUT2D eigenvalue weighted by Crippen LogP contribution is 2.19. The van der Waals surface area contributed by atoms with Crippen LogP contribution in [0.15, 0.2) is 18.2 Å². The molecule has 0 bridgehead atoms. The van der Waals surface area contributed by atoms with E-state index in [0.29, 0.717) is 0 Å². The molecule has 0 saturated carbocycles. The van der Waals surface area contributed by atoms with Crippen molar-refractivity contribution in [3.63, 3.8) is 0 Å². The SMILES string of the molecule is Cc1ccc(F)c(Nc2nc(N)nc(C(=N)NO)n2)c1. The smallest absolute Gasteiger partial charge is 0.232 e. The molecule has 0 atom stereocenters. The van der Waals surface area contributed by atoms with Gasteiger partial charge in [0.1, 0.15) is 5.82 Å². The Balaban J connectivity index is 2.36. The van der Waals surface area contributed by atoms with Gasteiger partial charge >= 0.3 is 0 Å². The summed E-state index contributed by atoms with van der Waals surface area (Å²) >= 11 is 0. The molecule has 1 heterocycles. The van der Waals surface area contributed by atoms with Gasteiger partial charge in [-0.1, -0.05) is 6.07 Å². The van der Waals surface area contributed by atoms with E-state index in [1.165, 1.54) is 6.07 Å². The zero-order valence-corrected chi connectivity index (χ0v) is 10.5. The van der Waals surface area contributed by atoms with E-state index in [2.05, 4.69) is 20.3 Å². The van der Waals surface area contributed by atoms with E-state index >= 15 is 0 Å². The number of amidine groups is 1. The van der Waals surface area contributed by atoms with Crippen LogP contribution in [0.25, 0.3) is 0 Å². The van der Waals surface area contributed by atoms with Gasteiger partial charge in [-0.2, -0.15) is 15.0 Å². The Kier molecular flexibility index (Phi) is 3.71. The molecule has 0 amide bonds. The monoisotopic (exact) mass is 277 g/mol. The van der Waals surface area contributed by atoms with Gasteiger partial charge in [0.05, 0.1) is 5.69 Å². The third-order valence-electron chi connectivity index (χ3n) is 2.36. The van der Waals surface area contributed by atoms with E-state index in [0.717, 1.165) is 5.56 Å². The Hall–Kier alpha value is -2.81. The molecule has 9 heteroatoms. The highest BCUT2D eigenvalue weighted by molar-refractivity contribution is 5.92. The van der Waals surface area contributed by atoms with Crippen molar-refractivity contribution in [1.82, 2.24) is 20.4 Å². The molecule has 104 valence electrons. The van der Waals surface area contributed by atoms with Crippen LogP contribution < -0.4 is 16.5 Å². The molecule has 2 rings (SSSR count). The predicted octanol–water partition coefficient (Wildman–Crippen LogP) is 0.949. The van der Waals surface area contributed by atoms with Crippen molar-refractivity contribution in [2.75, 3.05) is 11.1 Å². The molecular formula is C11H12FN7O. The Morgan fingerprint density at radius 2 is 2.10 bits per heavy atom. The van der Waals surface area contributed by atoms with Crippen LogP contribution in [0.4, 0.5) is 22.0 Å². The van der Waals surface area contributed by atoms with E-state index in [1.807, 2.05) is 6.92 Å². The van der Waals surface area contributed by atoms with Crippen LogP contribution in [0.1, 0.15) is 11.4 Å². The minimum Gasteiger partial charge on any atom is -0.368 e. The van der Waals surface area contributed by atoms with Crippen LogP contribution in [-0.4, -0.2) is 26.0 Å². The van der Waals surface area contributed by atoms with Gasteiger partial charge in [-0.15, -0.1) is 0 Å². The van der Waals surface area contributed by atoms with Gasteiger partial charge in [-0.3, -0.25) is 10.6 Å². The lowest BCUT2D eigenvalue weighted by Gasteiger charge is -2.08. The molecule has 0 aliphatic heterocycles. The molecule has 1 aromatic carbocycles. The fourth-order valence-corrected chi connectivity index (χ4v) is 1.47. The molecular weight excluding hydrogens is 265 g/mol. The average Bonchev–Trinajstić information content (AvgIpc) is 2.41. The number of nitrogens with one attached hydrogen (secondary N) is 3. The summed E-state index contributed by atoms with van der Waals surface area (Å²) in [6.07, 6.45) is 0. The summed E-state index contributed by atoms with van der Waals surface area (Å²) in [7, 11) is 0. The van der Waals surface area contributed by atoms with E-state index in [1.54, 1.807) is 17.6 Å². The maximum atomic E-state index is 13.6. The maximum absolute atomic E-state index is 13.6. The number of aromatic nitrogens is 3. The quantitative estimate of drug-likeness (QED) is 0.320. The Morgan fingerprint density at radius 3 is 2.80 bits per heavy atom. The van der Waals surface area contributed by atoms with E-state index in [9.17, 15) is 4.39 Å². The first-order chi connectivity index (χ1) is 9.49. The van der Waals surface area contributed by atoms with Crippen molar-refractivity contribution in [2.45, 2.75) is 6.92 Å². The number of nitrogens with two attached hydrogens (primary N) is 1. The first-order valence-corrected chi connectivity index (χ1v) is 5.53. The highest BCUT2D eigenvalue weighted by atomic mass is 19.1. The van der Waals surface area contributed by atoms with Gasteiger partial charge in [0.15, 0.2) is 5.84 Å². The lowest BCUT2D eigenvalue weighted by atomic mass is 10.2. The maximum Gasteiger partial charge on any atom is 0.232 e. The van der Waals surface area contributed by atoms with Gasteiger partial charge < -0.3 is 11.1 Å². The van der Waals surface area contributed by atoms with Crippen LogP contribution in [0, 0.1) is 18.2 Å². The Bertz CT molecular complexity index is 661. The summed E-state index contributed by atoms with van der Waals surface area (Å²) in [6, 6.07) is 4.50. The van der Waals surface area contributed by atoms with Crippen LogP contribution in [0.2, 0.25) is 0 Å². The molecule has 8 nitrogen and oxygen atoms in total. The number of halogens is 1. The number of nitrogen functional groups attached to an aromatic ring is 1. The Labute approximate surface area is 113 Å². The third kappa shape index (κ3) is 2.95. The zero-order chi connectivity index (χ0) is 14.7. The number of aryl methyl sites for hydroxylation is 1. The zero-order valence-electron chi connectivity index (χ0n) is 10.5. The van der Waals surface area contributed by atoms with Crippen molar-refractivity contribution in [3.05, 3.63) is 35.4 Å². The van der Waals surface area contributed by atoms with Crippen molar-refractivity contribution in [3.8, 4) is 0 Å². The molecule has 6 N–H and O–H groups in total. The summed E-state index contributed by atoms with van der Waals surface area (Å²) < 4.78 is 13.6. The topological polar surface area (TPSA) is 133 Å². The largest absolute Gasteiger partial charge is 0.368 e. The summed E-state index contributed by atoms with van der Waals surface area (Å²) in [5.41, 5.74) is 8.08. The van der Waals surface area contributed by atoms with E-state index in [-0.39, 0.29) is 23.4 Å². The standard InChI is InChI=1S/C11H12FN7O/c1-5-2-3-6(12)7(4-5)15-11-17-9(8(13)19-20)16-10(14)18-11/h2-4,20H,1H3,(H2,13,19)(H3,14,15,16,17,18). The number of anilines is 3. The molecule has 0 fully saturated rings. The first-order valence-electron chi connectivity index (χ1n) is 5.53. The first kappa shape index (κ1) is 13.6. The molecule has 0 aliphatic carbocycles. The molecule has 2 aromatic rings. The van der Waals surface area contributed by atoms with Gasteiger partial charge in [0.25, 0.3) is 0 Å². The summed E-state index contributed by atoms with van der Waals surface area (Å²) in [6.45, 7) is 1.81. The second-order valence-corrected chi connectivity index (χ2v) is 3.94. The van der Waals surface area contributed by atoms with Crippen molar-refractivity contribution >= 4 is 23.4 Å². The van der Waals surface area contributed by atoms with E-state index in [4.69, 9.17) is 16.4 Å². The van der Waals surface area contributed by atoms with Gasteiger partial charge in [-0.25, -0.2) is 9.87 Å². The number of hydrogen-bond acceptors (Lipinski definition) is 7. The van der Waals surface area contributed by atoms with Crippen LogP contribution in [0.5, 0.6) is 0 Å². The number of rotatable bonds is 3. The van der Waals surface area contributed by atoms with Crippen LogP contribution >= 0.6 is 0 Å². The molecule has 0 saturated heterocycles. The number of nitrogens with zero attached hydrogens (tertiary/aromatic N) is 3. The van der Waals surface area contributed by atoms with Crippen LogP contribution in [0.3, 0.4) is 0 Å². The molecule has 0 aliphatic rings. The Morgan fingerprint density at radius 1 is 1.35 bits per heavy atom. The number of benzene rings is 1. The second-order valence-electron chi connectivity index (χ2n) is 3.94. The van der Waals surface area contributed by atoms with Gasteiger partial charge in [0, 0.05) is 0 Å². The average molecular weight is 277 g/mol. The fraction of sp³-hybridized carbons (Fsp3) is 0.0909. The number of hydroxylamine groups is 1. The molecule has 1 aromatic heterocycles. The molecule has 0 radical (unpaired) electrons. The van der Waals surface area contributed by atoms with Gasteiger partial charge in [-0.05, 0) is 24.6 Å². The minimum absolute atomic E-state index is 0.0306. The third-order valence-corrected chi connectivity index (χ3v) is 2.36. The minimum atomic E-state index is -0.480. The van der Waals surface area contributed by atoms with Crippen LogP contribution in [-0.2, 0) is 0 Å². The predicted molar refractivity (Wildman–Crippen MR) is 70.4 cm³/mol. The van der Waals surface area contributed by atoms with Crippen molar-refractivity contribution < 1.29 is 9.60 Å². The molecule has 0 spiro atoms. The number of hydrogen-bond donors (Lipinski definition) is 5. The summed E-state index contributed by atoms with van der Waals surface area (Å²) in [5.74, 6) is -1.29. The van der Waals surface area contributed by atoms with Crippen molar-refractivity contribution in [1.29, 1.82) is 5.41 Å². The molecule has 0 unspecified atom stereocenters. The van der Waals surface area contributed by atoms with Crippen molar-refractivity contribution in [2.24, 2.45) is 0 Å². The van der Waals surface area contributed by atoms with E-state index < -0.39 is 11.7 Å². The summed E-state index contributed by atoms with van der Waals surface area (Å²) in [4.78, 5) is 11.3. The highest BCUT2D eigenvalue weighted by Gasteiger charge is 2.10. The lowest BCUT2D eigenvalue weighted by molar-refractivity contribution is 0.233. The second kappa shape index (κ2) is 5.45. The fourth-order valence-electron chi connectivity index (χ4n) is 1.47. The molecule has 20 heavy (non-hydrogen) atoms. The van der Waals surface area contributed by atoms with Gasteiger partial charge in [0.2, 0.25) is 17.7 Å². The lowest BCUT2D eigenvalue weighted by Crippen LogP contribution is -2.23. The normalized spacial score (nSPS) is 10.2. The summed E-state index contributed by atoms with van der Waals surface area (Å²) in [5, 5.41) is 18.7.